The average Bonchev–Trinajstić information content (AvgIpc) is 2.09. The third-order valence-electron chi connectivity index (χ3n) is 1.62. The lowest BCUT2D eigenvalue weighted by Gasteiger charge is -1.97. The summed E-state index contributed by atoms with van der Waals surface area (Å²) in [5.41, 5.74) is 0.225. The summed E-state index contributed by atoms with van der Waals surface area (Å²) in [6.07, 6.45) is 1.25. The van der Waals surface area contributed by atoms with Crippen LogP contribution in [-0.4, -0.2) is 25.0 Å². The molecule has 0 spiro atoms. The van der Waals surface area contributed by atoms with Crippen molar-refractivity contribution in [3.63, 3.8) is 0 Å². The van der Waals surface area contributed by atoms with Gasteiger partial charge in [-0.05, 0) is 6.92 Å². The van der Waals surface area contributed by atoms with E-state index in [1.807, 2.05) is 0 Å². The first-order chi connectivity index (χ1) is 6.18. The fourth-order valence-electron chi connectivity index (χ4n) is 0.961. The summed E-state index contributed by atoms with van der Waals surface area (Å²) in [4.78, 5) is 24.8. The maximum atomic E-state index is 11.1. The lowest BCUT2D eigenvalue weighted by Crippen LogP contribution is -2.09. The van der Waals surface area contributed by atoms with Gasteiger partial charge in [0.1, 0.15) is 5.69 Å². The smallest absolute Gasteiger partial charge is 0.279 e. The number of aromatic hydroxyl groups is 1. The van der Waals surface area contributed by atoms with E-state index in [9.17, 15) is 9.90 Å². The quantitative estimate of drug-likeness (QED) is 0.579. The van der Waals surface area contributed by atoms with Gasteiger partial charge in [-0.2, -0.15) is 0 Å². The number of nitrogens with zero attached hydrogens (tertiary/aromatic N) is 3. The molecule has 66 valence electrons. The molecular weight excluding hydrogens is 172 g/mol. The number of hydrogen-bond acceptors (Lipinski definition) is 5. The zero-order valence-corrected chi connectivity index (χ0v) is 6.77. The molecule has 0 unspecified atom stereocenters. The van der Waals surface area contributed by atoms with E-state index in [4.69, 9.17) is 0 Å². The van der Waals surface area contributed by atoms with E-state index >= 15 is 0 Å². The van der Waals surface area contributed by atoms with Crippen LogP contribution in [0, 0.1) is 6.92 Å². The first-order valence-corrected chi connectivity index (χ1v) is 3.59. The van der Waals surface area contributed by atoms with Crippen molar-refractivity contribution in [2.24, 2.45) is 0 Å². The summed E-state index contributed by atoms with van der Waals surface area (Å²) in [6, 6.07) is 0. The van der Waals surface area contributed by atoms with E-state index < -0.39 is 5.56 Å². The molecule has 0 atom stereocenters. The van der Waals surface area contributed by atoms with Crippen LogP contribution < -0.4 is 5.56 Å². The Bertz CT molecular complexity index is 519. The molecule has 0 saturated heterocycles. The minimum absolute atomic E-state index is 0.0469. The molecule has 0 fully saturated rings. The SMILES string of the molecule is Cc1nc2nc[nH]c(=O)c2nc1O. The number of fused-ring (bicyclic) bond motifs is 1. The van der Waals surface area contributed by atoms with Crippen molar-refractivity contribution in [2.75, 3.05) is 0 Å². The van der Waals surface area contributed by atoms with Gasteiger partial charge in [0, 0.05) is 0 Å². The predicted octanol–water partition coefficient (Wildman–Crippen LogP) is -0.273. The molecule has 0 radical (unpaired) electrons. The van der Waals surface area contributed by atoms with Gasteiger partial charge in [-0.25, -0.2) is 15.0 Å². The molecular formula is C7H6N4O2. The number of aromatic amines is 1. The van der Waals surface area contributed by atoms with Crippen LogP contribution >= 0.6 is 0 Å². The molecule has 6 nitrogen and oxygen atoms in total. The highest BCUT2D eigenvalue weighted by molar-refractivity contribution is 5.68. The van der Waals surface area contributed by atoms with Gasteiger partial charge in [0.05, 0.1) is 6.33 Å². The van der Waals surface area contributed by atoms with Gasteiger partial charge >= 0.3 is 0 Å². The number of H-pyrrole nitrogens is 1. The molecule has 6 heteroatoms. The van der Waals surface area contributed by atoms with Crippen LogP contribution in [-0.2, 0) is 0 Å². The van der Waals surface area contributed by atoms with E-state index in [0.29, 0.717) is 5.69 Å². The fraction of sp³-hybridized carbons (Fsp3) is 0.143. The molecule has 0 aliphatic rings. The highest BCUT2D eigenvalue weighted by atomic mass is 16.3. The van der Waals surface area contributed by atoms with Crippen LogP contribution in [0.3, 0.4) is 0 Å². The van der Waals surface area contributed by atoms with Gasteiger partial charge in [0.25, 0.3) is 5.56 Å². The average molecular weight is 178 g/mol. The number of nitrogens with one attached hydrogen (secondary N) is 1. The van der Waals surface area contributed by atoms with E-state index in [2.05, 4.69) is 19.9 Å². The number of rotatable bonds is 0. The van der Waals surface area contributed by atoms with E-state index in [-0.39, 0.29) is 17.0 Å². The minimum atomic E-state index is -0.409. The maximum Gasteiger partial charge on any atom is 0.279 e. The van der Waals surface area contributed by atoms with Gasteiger partial charge in [-0.3, -0.25) is 4.79 Å². The molecule has 0 aromatic carbocycles. The second kappa shape index (κ2) is 2.51. The van der Waals surface area contributed by atoms with Crippen molar-refractivity contribution >= 4 is 11.2 Å². The Balaban J connectivity index is 2.97. The van der Waals surface area contributed by atoms with Gasteiger partial charge in [0.15, 0.2) is 11.2 Å². The molecule has 2 heterocycles. The second-order valence-electron chi connectivity index (χ2n) is 2.54. The number of aryl methyl sites for hydroxylation is 1. The van der Waals surface area contributed by atoms with Crippen LogP contribution in [0.25, 0.3) is 11.2 Å². The lowest BCUT2D eigenvalue weighted by atomic mass is 10.4. The first kappa shape index (κ1) is 7.66. The van der Waals surface area contributed by atoms with Crippen molar-refractivity contribution in [1.29, 1.82) is 0 Å². The topological polar surface area (TPSA) is 91.8 Å². The lowest BCUT2D eigenvalue weighted by molar-refractivity contribution is 0.448. The Hall–Kier alpha value is -1.98. The van der Waals surface area contributed by atoms with Gasteiger partial charge in [-0.15, -0.1) is 0 Å². The van der Waals surface area contributed by atoms with Gasteiger partial charge in [0.2, 0.25) is 5.88 Å². The van der Waals surface area contributed by atoms with E-state index in [1.54, 1.807) is 6.92 Å². The highest BCUT2D eigenvalue weighted by Gasteiger charge is 2.06. The van der Waals surface area contributed by atoms with Crippen LogP contribution in [0.1, 0.15) is 5.69 Å². The van der Waals surface area contributed by atoms with Gasteiger partial charge in [-0.1, -0.05) is 0 Å². The molecule has 2 N–H and O–H groups in total. The molecule has 2 aromatic heterocycles. The molecule has 2 rings (SSSR count). The van der Waals surface area contributed by atoms with Crippen molar-refractivity contribution in [3.05, 3.63) is 22.4 Å². The van der Waals surface area contributed by atoms with Crippen LogP contribution in [0.15, 0.2) is 11.1 Å². The largest absolute Gasteiger partial charge is 0.492 e. The van der Waals surface area contributed by atoms with Gasteiger partial charge < -0.3 is 10.1 Å². The van der Waals surface area contributed by atoms with Crippen LogP contribution in [0.2, 0.25) is 0 Å². The summed E-state index contributed by atoms with van der Waals surface area (Å²) in [6.45, 7) is 1.59. The monoisotopic (exact) mass is 178 g/mol. The molecule has 0 saturated carbocycles. The Morgan fingerprint density at radius 1 is 1.46 bits per heavy atom. The van der Waals surface area contributed by atoms with Crippen molar-refractivity contribution in [2.45, 2.75) is 6.92 Å². The summed E-state index contributed by atoms with van der Waals surface area (Å²) in [7, 11) is 0. The molecule has 0 aliphatic heterocycles. The summed E-state index contributed by atoms with van der Waals surface area (Å²) >= 11 is 0. The summed E-state index contributed by atoms with van der Waals surface area (Å²) in [5, 5.41) is 9.19. The Labute approximate surface area is 72.3 Å². The Morgan fingerprint density at radius 3 is 3.00 bits per heavy atom. The van der Waals surface area contributed by atoms with Crippen molar-refractivity contribution in [1.82, 2.24) is 19.9 Å². The second-order valence-corrected chi connectivity index (χ2v) is 2.54. The normalized spacial score (nSPS) is 10.5. The zero-order valence-electron chi connectivity index (χ0n) is 6.77. The zero-order chi connectivity index (χ0) is 9.42. The maximum absolute atomic E-state index is 11.1. The Morgan fingerprint density at radius 2 is 2.23 bits per heavy atom. The third kappa shape index (κ3) is 1.12. The summed E-state index contributed by atoms with van der Waals surface area (Å²) in [5.74, 6) is -0.244. The molecule has 0 aliphatic carbocycles. The molecule has 13 heavy (non-hydrogen) atoms. The number of hydrogen-bond donors (Lipinski definition) is 2. The minimum Gasteiger partial charge on any atom is -0.492 e. The molecule has 0 bridgehead atoms. The third-order valence-corrected chi connectivity index (χ3v) is 1.62. The highest BCUT2D eigenvalue weighted by Crippen LogP contribution is 2.11. The van der Waals surface area contributed by atoms with Crippen LogP contribution in [0.4, 0.5) is 0 Å². The Kier molecular flexibility index (Phi) is 1.48. The summed E-state index contributed by atoms with van der Waals surface area (Å²) < 4.78 is 0. The number of aromatic nitrogens is 4. The van der Waals surface area contributed by atoms with Crippen molar-refractivity contribution in [3.8, 4) is 5.88 Å². The fourth-order valence-corrected chi connectivity index (χ4v) is 0.961. The van der Waals surface area contributed by atoms with E-state index in [0.717, 1.165) is 0 Å². The van der Waals surface area contributed by atoms with Crippen LogP contribution in [0.5, 0.6) is 5.88 Å². The standard InChI is InChI=1S/C7H6N4O2/c1-3-6(12)11-4-5(10-3)8-2-9-7(4)13/h2H,1H3,(H,11,12)(H,8,9,10,13). The van der Waals surface area contributed by atoms with Crippen molar-refractivity contribution < 1.29 is 5.11 Å². The molecule has 0 amide bonds. The predicted molar refractivity (Wildman–Crippen MR) is 44.4 cm³/mol. The van der Waals surface area contributed by atoms with E-state index in [1.165, 1.54) is 6.33 Å². The first-order valence-electron chi connectivity index (χ1n) is 3.59. The molecule has 2 aromatic rings.